The molecular weight excluding hydrogens is 316 g/mol. The molecule has 0 bridgehead atoms. The van der Waals surface area contributed by atoms with Crippen LogP contribution < -0.4 is 10.6 Å². The lowest BCUT2D eigenvalue weighted by molar-refractivity contribution is 0.144. The molecule has 2 amide bonds. The average molecular weight is 334 g/mol. The maximum atomic E-state index is 12.3. The number of hydrogen-bond acceptors (Lipinski definition) is 3. The largest absolute Gasteiger partial charge is 0.390 e. The van der Waals surface area contributed by atoms with Gasteiger partial charge in [0, 0.05) is 18.7 Å². The molecule has 1 aliphatic carbocycles. The summed E-state index contributed by atoms with van der Waals surface area (Å²) in [5.41, 5.74) is 2.93. The number of fused-ring (bicyclic) bond motifs is 1. The fourth-order valence-electron chi connectivity index (χ4n) is 3.16. The van der Waals surface area contributed by atoms with Crippen molar-refractivity contribution in [1.82, 2.24) is 15.1 Å². The van der Waals surface area contributed by atoms with E-state index in [0.29, 0.717) is 12.2 Å². The Bertz CT molecular complexity index is 891. The zero-order chi connectivity index (χ0) is 17.2. The lowest BCUT2D eigenvalue weighted by atomic mass is 10.1. The van der Waals surface area contributed by atoms with E-state index in [9.17, 15) is 9.90 Å². The van der Waals surface area contributed by atoms with E-state index in [4.69, 9.17) is 0 Å². The third-order valence-corrected chi connectivity index (χ3v) is 4.34. The quantitative estimate of drug-likeness (QED) is 0.689. The molecule has 0 aliphatic heterocycles. The summed E-state index contributed by atoms with van der Waals surface area (Å²) < 4.78 is 1.69. The van der Waals surface area contributed by atoms with Gasteiger partial charge in [0.15, 0.2) is 5.82 Å². The summed E-state index contributed by atoms with van der Waals surface area (Å²) in [5, 5.41) is 20.1. The van der Waals surface area contributed by atoms with Crippen LogP contribution in [-0.4, -0.2) is 27.0 Å². The molecule has 1 heterocycles. The van der Waals surface area contributed by atoms with Gasteiger partial charge in [0.05, 0.1) is 17.8 Å². The highest BCUT2D eigenvalue weighted by molar-refractivity contribution is 5.88. The number of aromatic nitrogens is 2. The van der Waals surface area contributed by atoms with E-state index in [1.54, 1.807) is 16.9 Å². The second-order valence-electron chi connectivity index (χ2n) is 6.03. The maximum Gasteiger partial charge on any atom is 0.321 e. The number of para-hydroxylation sites is 1. The molecule has 0 unspecified atom stereocenters. The number of urea groups is 1. The van der Waals surface area contributed by atoms with Crippen molar-refractivity contribution in [2.24, 2.45) is 0 Å². The first-order chi connectivity index (χ1) is 12.2. The summed E-state index contributed by atoms with van der Waals surface area (Å²) in [6.07, 6.45) is 1.71. The lowest BCUT2D eigenvalue weighted by Crippen LogP contribution is -2.36. The van der Waals surface area contributed by atoms with Crippen molar-refractivity contribution in [3.8, 4) is 5.69 Å². The molecular formula is C19H18N4O2. The van der Waals surface area contributed by atoms with Crippen LogP contribution in [0.25, 0.3) is 5.69 Å². The molecule has 2 atom stereocenters. The van der Waals surface area contributed by atoms with E-state index < -0.39 is 12.1 Å². The van der Waals surface area contributed by atoms with Gasteiger partial charge in [0.1, 0.15) is 0 Å². The van der Waals surface area contributed by atoms with Crippen LogP contribution in [0.5, 0.6) is 0 Å². The fraction of sp³-hybridized carbons (Fsp3) is 0.158. The van der Waals surface area contributed by atoms with Gasteiger partial charge in [0.25, 0.3) is 0 Å². The number of nitrogens with zero attached hydrogens (tertiary/aromatic N) is 2. The third kappa shape index (κ3) is 3.12. The van der Waals surface area contributed by atoms with E-state index in [-0.39, 0.29) is 6.03 Å². The van der Waals surface area contributed by atoms with Crippen molar-refractivity contribution in [1.29, 1.82) is 0 Å². The van der Waals surface area contributed by atoms with Gasteiger partial charge < -0.3 is 10.4 Å². The number of nitrogens with one attached hydrogen (secondary N) is 2. The van der Waals surface area contributed by atoms with Crippen LogP contribution in [0.15, 0.2) is 66.9 Å². The number of aliphatic hydroxyl groups excluding tert-OH is 1. The Morgan fingerprint density at radius 2 is 1.84 bits per heavy atom. The predicted molar refractivity (Wildman–Crippen MR) is 94.6 cm³/mol. The predicted octanol–water partition coefficient (Wildman–Crippen LogP) is 2.65. The molecule has 1 aliphatic rings. The van der Waals surface area contributed by atoms with Crippen LogP contribution in [0.1, 0.15) is 17.2 Å². The van der Waals surface area contributed by atoms with Crippen molar-refractivity contribution in [3.05, 3.63) is 78.0 Å². The SMILES string of the molecule is O=C(Nc1ccn(-c2ccccc2)n1)N[C@H]1c2ccccc2C[C@H]1O. The van der Waals surface area contributed by atoms with Crippen LogP contribution in [0, 0.1) is 0 Å². The molecule has 3 aromatic rings. The molecule has 4 rings (SSSR count). The highest BCUT2D eigenvalue weighted by atomic mass is 16.3. The molecule has 1 aromatic heterocycles. The van der Waals surface area contributed by atoms with Gasteiger partial charge in [-0.3, -0.25) is 5.32 Å². The molecule has 6 nitrogen and oxygen atoms in total. The van der Waals surface area contributed by atoms with E-state index in [1.165, 1.54) is 0 Å². The van der Waals surface area contributed by atoms with Gasteiger partial charge in [0.2, 0.25) is 0 Å². The Morgan fingerprint density at radius 3 is 2.68 bits per heavy atom. The molecule has 25 heavy (non-hydrogen) atoms. The Labute approximate surface area is 145 Å². The zero-order valence-electron chi connectivity index (χ0n) is 13.5. The smallest absolute Gasteiger partial charge is 0.321 e. The number of amides is 2. The van der Waals surface area contributed by atoms with Gasteiger partial charge in [-0.15, -0.1) is 5.10 Å². The molecule has 0 spiro atoms. The van der Waals surface area contributed by atoms with Crippen LogP contribution in [0.4, 0.5) is 10.6 Å². The topological polar surface area (TPSA) is 79.2 Å². The first-order valence-electron chi connectivity index (χ1n) is 8.15. The second kappa shape index (κ2) is 6.41. The third-order valence-electron chi connectivity index (χ3n) is 4.34. The van der Waals surface area contributed by atoms with Crippen molar-refractivity contribution >= 4 is 11.8 Å². The van der Waals surface area contributed by atoms with Crippen LogP contribution in [0.2, 0.25) is 0 Å². The molecule has 0 fully saturated rings. The summed E-state index contributed by atoms with van der Waals surface area (Å²) in [6, 6.07) is 18.3. The van der Waals surface area contributed by atoms with Crippen molar-refractivity contribution in [2.75, 3.05) is 5.32 Å². The fourth-order valence-corrected chi connectivity index (χ4v) is 3.16. The van der Waals surface area contributed by atoms with E-state index in [2.05, 4.69) is 15.7 Å². The second-order valence-corrected chi connectivity index (χ2v) is 6.03. The van der Waals surface area contributed by atoms with E-state index >= 15 is 0 Å². The van der Waals surface area contributed by atoms with Gasteiger partial charge in [-0.25, -0.2) is 9.48 Å². The van der Waals surface area contributed by atoms with Gasteiger partial charge in [-0.1, -0.05) is 42.5 Å². The molecule has 6 heteroatoms. The number of carbonyl (C=O) groups is 1. The number of aliphatic hydroxyl groups is 1. The highest BCUT2D eigenvalue weighted by Crippen LogP contribution is 2.31. The summed E-state index contributed by atoms with van der Waals surface area (Å²) in [6.45, 7) is 0. The first kappa shape index (κ1) is 15.4. The highest BCUT2D eigenvalue weighted by Gasteiger charge is 2.31. The minimum Gasteiger partial charge on any atom is -0.390 e. The number of benzene rings is 2. The Kier molecular flexibility index (Phi) is 3.95. The van der Waals surface area contributed by atoms with E-state index in [1.807, 2.05) is 54.6 Å². The zero-order valence-corrected chi connectivity index (χ0v) is 13.5. The molecule has 2 aromatic carbocycles. The number of carbonyl (C=O) groups excluding carboxylic acids is 1. The van der Waals surface area contributed by atoms with Crippen LogP contribution in [-0.2, 0) is 6.42 Å². The lowest BCUT2D eigenvalue weighted by Gasteiger charge is -2.17. The Hall–Kier alpha value is -3.12. The summed E-state index contributed by atoms with van der Waals surface area (Å²) in [5.74, 6) is 0.446. The Morgan fingerprint density at radius 1 is 1.08 bits per heavy atom. The summed E-state index contributed by atoms with van der Waals surface area (Å²) in [4.78, 5) is 12.3. The standard InChI is InChI=1S/C19H18N4O2/c24-16-12-13-6-4-5-9-15(13)18(16)21-19(25)20-17-10-11-23(22-17)14-7-2-1-3-8-14/h1-11,16,18,24H,12H2,(H2,20,21,22,25)/t16-,18+/m1/s1. The normalized spacial score (nSPS) is 18.6. The Balaban J connectivity index is 1.44. The minimum absolute atomic E-state index is 0.390. The van der Waals surface area contributed by atoms with Crippen molar-refractivity contribution in [2.45, 2.75) is 18.6 Å². The number of hydrogen-bond donors (Lipinski definition) is 3. The van der Waals surface area contributed by atoms with Crippen molar-refractivity contribution < 1.29 is 9.90 Å². The number of anilines is 1. The minimum atomic E-state index is -0.620. The molecule has 3 N–H and O–H groups in total. The molecule has 126 valence electrons. The van der Waals surface area contributed by atoms with Crippen LogP contribution in [0.3, 0.4) is 0 Å². The summed E-state index contributed by atoms with van der Waals surface area (Å²) >= 11 is 0. The molecule has 0 radical (unpaired) electrons. The molecule has 0 saturated heterocycles. The number of rotatable bonds is 3. The monoisotopic (exact) mass is 334 g/mol. The summed E-state index contributed by atoms with van der Waals surface area (Å²) in [7, 11) is 0. The van der Waals surface area contributed by atoms with Crippen LogP contribution >= 0.6 is 0 Å². The van der Waals surface area contributed by atoms with E-state index in [0.717, 1.165) is 16.8 Å². The maximum absolute atomic E-state index is 12.3. The first-order valence-corrected chi connectivity index (χ1v) is 8.15. The van der Waals surface area contributed by atoms with Gasteiger partial charge in [-0.2, -0.15) is 0 Å². The van der Waals surface area contributed by atoms with Crippen molar-refractivity contribution in [3.63, 3.8) is 0 Å². The average Bonchev–Trinajstić information content (AvgIpc) is 3.21. The molecule has 0 saturated carbocycles. The van der Waals surface area contributed by atoms with Gasteiger partial charge in [-0.05, 0) is 23.3 Å². The van der Waals surface area contributed by atoms with Gasteiger partial charge >= 0.3 is 6.03 Å².